The summed E-state index contributed by atoms with van der Waals surface area (Å²) < 4.78 is 0. The second-order valence-electron chi connectivity index (χ2n) is 23.9. The summed E-state index contributed by atoms with van der Waals surface area (Å²) in [5, 5.41) is 46.1. The van der Waals surface area contributed by atoms with E-state index in [4.69, 9.17) is 17.2 Å². The van der Waals surface area contributed by atoms with Crippen LogP contribution in [0.1, 0.15) is 82.1 Å². The number of carbonyl (C=O) groups excluding carboxylic acids is 10. The van der Waals surface area contributed by atoms with Crippen molar-refractivity contribution in [3.63, 3.8) is 0 Å². The highest BCUT2D eigenvalue weighted by Crippen LogP contribution is 2.23. The van der Waals surface area contributed by atoms with E-state index < -0.39 is 120 Å². The average molecular weight is 1290 g/mol. The van der Waals surface area contributed by atoms with Crippen molar-refractivity contribution in [3.8, 4) is 5.75 Å². The molecule has 0 saturated carbocycles. The molecule has 1 saturated heterocycles. The fourth-order valence-electron chi connectivity index (χ4n) is 11.1. The molecule has 0 radical (unpaired) electrons. The van der Waals surface area contributed by atoms with Gasteiger partial charge < -0.3 is 74.8 Å². The number of hydrogen-bond acceptors (Lipinski definition) is 14. The molecule has 0 bridgehead atoms. The molecule has 498 valence electrons. The molecule has 10 amide bonds. The maximum Gasteiger partial charge on any atom is 0.245 e. The zero-order valence-electron chi connectivity index (χ0n) is 53.0. The zero-order valence-corrected chi connectivity index (χ0v) is 53.0. The molecule has 0 spiro atoms. The van der Waals surface area contributed by atoms with E-state index in [0.29, 0.717) is 28.7 Å². The van der Waals surface area contributed by atoms with Gasteiger partial charge in [0.15, 0.2) is 5.96 Å². The quantitative estimate of drug-likeness (QED) is 0.0158. The van der Waals surface area contributed by atoms with Crippen LogP contribution in [0.4, 0.5) is 0 Å². The molecule has 2 heterocycles. The van der Waals surface area contributed by atoms with Crippen LogP contribution in [0.3, 0.4) is 0 Å². The van der Waals surface area contributed by atoms with Gasteiger partial charge in [-0.1, -0.05) is 117 Å². The highest BCUT2D eigenvalue weighted by atomic mass is 16.3. The number of aliphatic hydroxyl groups is 1. The number of primary amides is 1. The lowest BCUT2D eigenvalue weighted by molar-refractivity contribution is -0.142. The number of benzene rings is 5. The Morgan fingerprint density at radius 3 is 1.52 bits per heavy atom. The topological polar surface area (TPSA) is 414 Å². The van der Waals surface area contributed by atoms with E-state index in [1.807, 2.05) is 92.7 Å². The number of aromatic nitrogens is 1. The first-order valence-electron chi connectivity index (χ1n) is 31.2. The van der Waals surface area contributed by atoms with E-state index in [0.717, 1.165) is 21.5 Å². The number of guanidine groups is 1. The first kappa shape index (κ1) is 70.9. The molecular weight excluding hydrogens is 1200 g/mol. The van der Waals surface area contributed by atoms with Crippen molar-refractivity contribution in [2.45, 2.75) is 140 Å². The molecular formula is C68H84N14O12. The number of amides is 10. The van der Waals surface area contributed by atoms with Crippen molar-refractivity contribution in [1.82, 2.24) is 52.4 Å². The van der Waals surface area contributed by atoms with Gasteiger partial charge in [0.05, 0.1) is 6.61 Å². The van der Waals surface area contributed by atoms with Crippen LogP contribution in [0.5, 0.6) is 5.75 Å². The summed E-state index contributed by atoms with van der Waals surface area (Å²) in [4.78, 5) is 150. The molecule has 5 aromatic carbocycles. The molecule has 7 rings (SSSR count). The highest BCUT2D eigenvalue weighted by molar-refractivity contribution is 5.99. The van der Waals surface area contributed by atoms with Crippen molar-refractivity contribution in [3.05, 3.63) is 156 Å². The molecule has 26 heteroatoms. The van der Waals surface area contributed by atoms with Crippen LogP contribution < -0.4 is 59.7 Å². The van der Waals surface area contributed by atoms with Gasteiger partial charge in [-0.2, -0.15) is 0 Å². The second-order valence-corrected chi connectivity index (χ2v) is 23.9. The molecule has 6 aromatic rings. The summed E-state index contributed by atoms with van der Waals surface area (Å²) in [6, 6.07) is 23.2. The summed E-state index contributed by atoms with van der Waals surface area (Å²) in [6.45, 7) is 5.52. The number of phenols is 1. The van der Waals surface area contributed by atoms with E-state index in [-0.39, 0.29) is 82.1 Å². The molecule has 16 N–H and O–H groups in total. The van der Waals surface area contributed by atoms with Gasteiger partial charge in [0, 0.05) is 58.1 Å². The Kier molecular flexibility index (Phi) is 25.8. The maximum atomic E-state index is 15.1. The normalized spacial score (nSPS) is 15.3. The molecule has 94 heavy (non-hydrogen) atoms. The van der Waals surface area contributed by atoms with E-state index in [1.165, 1.54) is 55.4 Å². The van der Waals surface area contributed by atoms with Crippen LogP contribution in [-0.2, 0) is 73.6 Å². The lowest BCUT2D eigenvalue weighted by Crippen LogP contribution is -2.61. The SMILES string of the molecule is CC(=O)N[C@H](Cc1ccc2ccccc2c1)C(=O)N[C@H](Cc1cccnc1)C(=O)N[C@@H](CO)C(=O)N[C@@H](Cc1ccc(O)cc1)C(=O)N[C@H](Cc1ccc2ccccc2c1)C(=O)N[C@@H](CC(C)C)C(=O)N[C@@H](CCCN=C(N)N)C(=O)N1CCC[C@H]1C(=O)N[C@H](C)C(N)=O. The summed E-state index contributed by atoms with van der Waals surface area (Å²) in [5.74, 6) is -8.30. The second kappa shape index (κ2) is 34.2. The van der Waals surface area contributed by atoms with Crippen LogP contribution in [0, 0.1) is 5.92 Å². The third-order valence-electron chi connectivity index (χ3n) is 16.0. The van der Waals surface area contributed by atoms with Crippen molar-refractivity contribution < 1.29 is 58.2 Å². The lowest BCUT2D eigenvalue weighted by atomic mass is 9.98. The van der Waals surface area contributed by atoms with Gasteiger partial charge in [-0.3, -0.25) is 57.9 Å². The number of nitrogens with two attached hydrogens (primary N) is 3. The number of phenolic OH excluding ortho intramolecular Hbond substituents is 1. The molecule has 1 aliphatic heterocycles. The zero-order chi connectivity index (χ0) is 68.0. The number of aliphatic imine (C=N–C) groups is 1. The third kappa shape index (κ3) is 21.0. The van der Waals surface area contributed by atoms with Gasteiger partial charge >= 0.3 is 0 Å². The molecule has 1 fully saturated rings. The molecule has 9 atom stereocenters. The molecule has 0 aliphatic carbocycles. The Labute approximate surface area is 544 Å². The maximum absolute atomic E-state index is 15.1. The van der Waals surface area contributed by atoms with Crippen molar-refractivity contribution in [2.75, 3.05) is 19.7 Å². The monoisotopic (exact) mass is 1290 g/mol. The Morgan fingerprint density at radius 2 is 1.02 bits per heavy atom. The number of aromatic hydroxyl groups is 1. The first-order chi connectivity index (χ1) is 44.9. The number of hydrogen-bond donors (Lipinski definition) is 13. The van der Waals surface area contributed by atoms with E-state index in [9.17, 15) is 48.6 Å². The molecule has 1 aromatic heterocycles. The van der Waals surface area contributed by atoms with E-state index in [2.05, 4.69) is 52.5 Å². The van der Waals surface area contributed by atoms with E-state index in [1.54, 1.807) is 18.2 Å². The molecule has 26 nitrogen and oxygen atoms in total. The summed E-state index contributed by atoms with van der Waals surface area (Å²) >= 11 is 0. The first-order valence-corrected chi connectivity index (χ1v) is 31.2. The minimum absolute atomic E-state index is 0.00193. The van der Waals surface area contributed by atoms with Gasteiger partial charge in [-0.15, -0.1) is 0 Å². The predicted octanol–water partition coefficient (Wildman–Crippen LogP) is 0.851. The largest absolute Gasteiger partial charge is 0.508 e. The van der Waals surface area contributed by atoms with Crippen LogP contribution in [0.2, 0.25) is 0 Å². The molecule has 0 unspecified atom stereocenters. The predicted molar refractivity (Wildman–Crippen MR) is 352 cm³/mol. The summed E-state index contributed by atoms with van der Waals surface area (Å²) in [5.41, 5.74) is 18.8. The number of pyridine rings is 1. The number of nitrogens with one attached hydrogen (secondary N) is 8. The number of nitrogens with zero attached hydrogens (tertiary/aromatic N) is 3. The van der Waals surface area contributed by atoms with Crippen LogP contribution >= 0.6 is 0 Å². The van der Waals surface area contributed by atoms with Crippen molar-refractivity contribution in [2.24, 2.45) is 28.1 Å². The van der Waals surface area contributed by atoms with Crippen LogP contribution in [0.15, 0.2) is 139 Å². The number of rotatable bonds is 32. The van der Waals surface area contributed by atoms with Crippen molar-refractivity contribution in [1.29, 1.82) is 0 Å². The van der Waals surface area contributed by atoms with Gasteiger partial charge in [-0.25, -0.2) is 0 Å². The van der Waals surface area contributed by atoms with Gasteiger partial charge in [-0.05, 0) is 107 Å². The Morgan fingerprint density at radius 1 is 0.553 bits per heavy atom. The molecule has 1 aliphatic rings. The fraction of sp³-hybridized carbons (Fsp3) is 0.382. The van der Waals surface area contributed by atoms with Gasteiger partial charge in [0.1, 0.15) is 60.1 Å². The fourth-order valence-corrected chi connectivity index (χ4v) is 11.1. The average Bonchev–Trinajstić information content (AvgIpc) is 1.43. The number of likely N-dealkylation sites (tertiary alicyclic amines) is 1. The highest BCUT2D eigenvalue weighted by Gasteiger charge is 2.40. The smallest absolute Gasteiger partial charge is 0.245 e. The van der Waals surface area contributed by atoms with Crippen LogP contribution in [0.25, 0.3) is 21.5 Å². The van der Waals surface area contributed by atoms with Crippen LogP contribution in [-0.4, -0.2) is 159 Å². The summed E-state index contributed by atoms with van der Waals surface area (Å²) in [6.07, 6.45) is 3.38. The number of aliphatic hydroxyl groups excluding tert-OH is 1. The van der Waals surface area contributed by atoms with Gasteiger partial charge in [0.25, 0.3) is 0 Å². The number of fused-ring (bicyclic) bond motifs is 2. The van der Waals surface area contributed by atoms with Gasteiger partial charge in [0.2, 0.25) is 59.1 Å². The Bertz CT molecular complexity index is 3700. The minimum atomic E-state index is -1.76. The number of carbonyl (C=O) groups is 10. The summed E-state index contributed by atoms with van der Waals surface area (Å²) in [7, 11) is 0. The minimum Gasteiger partial charge on any atom is -0.508 e. The Balaban J connectivity index is 1.15. The standard InChI is InChI=1S/C68H84N14O12/c1-39(2)30-52(60(87)76-51(17-10-28-73-68(70)71)67(94)82-29-11-18-58(82)66(93)74-40(3)59(69)86)77-63(90)55(35-44-20-24-47-14-6-8-16-49(47)32-44)78-62(89)54(33-42-21-25-50(85)26-22-42)80-65(92)57(38-83)81-64(91)56(36-45-12-9-27-72-37-45)79-61(88)53(75-41(4)84)34-43-19-23-46-13-5-7-15-48(46)31-43/h5-9,12-16,19-27,31-32,37,39-40,51-58,83,85H,10-11,17-18,28-30,33-36,38H2,1-4H3,(H2,69,86)(H,74,93)(H,75,84)(H,76,87)(H,77,90)(H,78,89)(H,79,88)(H,80,92)(H,81,91)(H4,70,71,73)/t40-,51+,52+,53-,54+,55-,56-,57+,58+/m1/s1. The lowest BCUT2D eigenvalue weighted by Gasteiger charge is -2.31. The van der Waals surface area contributed by atoms with Crippen molar-refractivity contribution >= 4 is 86.6 Å². The Hall–Kier alpha value is -10.5. The third-order valence-corrected chi connectivity index (χ3v) is 16.0. The van der Waals surface area contributed by atoms with E-state index >= 15 is 9.59 Å².